The van der Waals surface area contributed by atoms with Crippen LogP contribution >= 0.6 is 15.9 Å². The fourth-order valence-corrected chi connectivity index (χ4v) is 3.22. The van der Waals surface area contributed by atoms with E-state index < -0.39 is 0 Å². The third-order valence-corrected chi connectivity index (χ3v) is 4.77. The van der Waals surface area contributed by atoms with Gasteiger partial charge in [0.2, 0.25) is 0 Å². The summed E-state index contributed by atoms with van der Waals surface area (Å²) in [5.74, 6) is 0.932. The van der Waals surface area contributed by atoms with Crippen LogP contribution in [-0.2, 0) is 6.54 Å². The van der Waals surface area contributed by atoms with E-state index in [0.717, 1.165) is 35.5 Å². The topological polar surface area (TPSA) is 52.6 Å². The molecule has 138 valence electrons. The minimum atomic E-state index is -0.274. The Morgan fingerprint density at radius 1 is 1.35 bits per heavy atom. The van der Waals surface area contributed by atoms with Gasteiger partial charge in [-0.15, -0.1) is 0 Å². The van der Waals surface area contributed by atoms with Gasteiger partial charge in [-0.3, -0.25) is 0 Å². The summed E-state index contributed by atoms with van der Waals surface area (Å²) in [7, 11) is 0. The number of benzene rings is 1. The third kappa shape index (κ3) is 4.94. The maximum Gasteiger partial charge on any atom is 0.191 e. The van der Waals surface area contributed by atoms with Crippen molar-refractivity contribution in [1.29, 1.82) is 0 Å². The molecule has 1 atom stereocenters. The van der Waals surface area contributed by atoms with Crippen LogP contribution in [-0.4, -0.2) is 36.6 Å². The summed E-state index contributed by atoms with van der Waals surface area (Å²) in [4.78, 5) is 10.8. The van der Waals surface area contributed by atoms with E-state index in [-0.39, 0.29) is 11.9 Å². The number of halogens is 2. The van der Waals surface area contributed by atoms with Crippen LogP contribution in [0.3, 0.4) is 0 Å². The average Bonchev–Trinajstić information content (AvgIpc) is 3.10. The van der Waals surface area contributed by atoms with Crippen molar-refractivity contribution in [3.8, 4) is 0 Å². The summed E-state index contributed by atoms with van der Waals surface area (Å²) >= 11 is 3.44. The molecule has 0 bridgehead atoms. The van der Waals surface area contributed by atoms with Gasteiger partial charge in [-0.1, -0.05) is 28.1 Å². The van der Waals surface area contributed by atoms with Crippen molar-refractivity contribution in [1.82, 2.24) is 15.6 Å². The Bertz CT molecular complexity index is 750. The normalized spacial score (nSPS) is 17.4. The van der Waals surface area contributed by atoms with Crippen molar-refractivity contribution in [2.24, 2.45) is 4.99 Å². The van der Waals surface area contributed by atoms with Crippen molar-refractivity contribution >= 4 is 27.7 Å². The number of nitrogens with zero attached hydrogens (tertiary/aromatic N) is 3. The maximum absolute atomic E-state index is 13.9. The molecule has 0 amide bonds. The number of aliphatic imine (C=N–C) groups is 1. The Balaban J connectivity index is 1.60. The minimum Gasteiger partial charge on any atom is -0.357 e. The number of nitrogens with one attached hydrogen (secondary N) is 2. The fraction of sp³-hybridized carbons (Fsp3) is 0.368. The predicted octanol–water partition coefficient (Wildman–Crippen LogP) is 3.32. The number of pyridine rings is 1. The van der Waals surface area contributed by atoms with Gasteiger partial charge in [0.15, 0.2) is 17.6 Å². The highest BCUT2D eigenvalue weighted by atomic mass is 79.9. The van der Waals surface area contributed by atoms with Gasteiger partial charge < -0.3 is 15.5 Å². The summed E-state index contributed by atoms with van der Waals surface area (Å²) in [6.07, 6.45) is 2.54. The van der Waals surface area contributed by atoms with E-state index in [0.29, 0.717) is 18.9 Å². The van der Waals surface area contributed by atoms with E-state index in [1.807, 2.05) is 24.0 Å². The fourth-order valence-electron chi connectivity index (χ4n) is 2.95. The first-order chi connectivity index (χ1) is 12.7. The van der Waals surface area contributed by atoms with Crippen molar-refractivity contribution < 1.29 is 4.39 Å². The van der Waals surface area contributed by atoms with Crippen LogP contribution in [0.15, 0.2) is 52.1 Å². The van der Waals surface area contributed by atoms with Crippen molar-refractivity contribution in [3.63, 3.8) is 0 Å². The molecule has 1 saturated heterocycles. The van der Waals surface area contributed by atoms with E-state index in [4.69, 9.17) is 0 Å². The quantitative estimate of drug-likeness (QED) is 0.576. The minimum absolute atomic E-state index is 0.208. The zero-order valence-corrected chi connectivity index (χ0v) is 16.3. The van der Waals surface area contributed by atoms with Gasteiger partial charge in [-0.2, -0.15) is 0 Å². The first kappa shape index (κ1) is 18.6. The standard InChI is InChI=1S/C19H23BrFN5/c1-2-22-19(24-12-14-5-7-15(20)8-6-14)25-16-9-11-26(13-16)18-17(21)4-3-10-23-18/h3-8,10,16H,2,9,11-13H2,1H3,(H2,22,24,25). The molecular weight excluding hydrogens is 397 g/mol. The average molecular weight is 420 g/mol. The van der Waals surface area contributed by atoms with Crippen molar-refractivity contribution in [3.05, 3.63) is 58.4 Å². The number of guanidine groups is 1. The van der Waals surface area contributed by atoms with Crippen LogP contribution in [0.5, 0.6) is 0 Å². The summed E-state index contributed by atoms with van der Waals surface area (Å²) in [6.45, 7) is 4.92. The van der Waals surface area contributed by atoms with Crippen LogP contribution in [0.1, 0.15) is 18.9 Å². The molecule has 1 aromatic carbocycles. The SMILES string of the molecule is CCNC(=NCc1ccc(Br)cc1)NC1CCN(c2ncccc2F)C1. The zero-order chi connectivity index (χ0) is 18.4. The van der Waals surface area contributed by atoms with Crippen molar-refractivity contribution in [2.45, 2.75) is 25.9 Å². The van der Waals surface area contributed by atoms with Gasteiger partial charge in [0.1, 0.15) is 0 Å². The Labute approximate surface area is 161 Å². The molecule has 1 aliphatic rings. The van der Waals surface area contributed by atoms with Crippen LogP contribution in [0.4, 0.5) is 10.2 Å². The van der Waals surface area contributed by atoms with E-state index in [1.54, 1.807) is 12.3 Å². The molecule has 0 spiro atoms. The second-order valence-electron chi connectivity index (χ2n) is 6.21. The maximum atomic E-state index is 13.9. The lowest BCUT2D eigenvalue weighted by atomic mass is 10.2. The van der Waals surface area contributed by atoms with E-state index in [1.165, 1.54) is 6.07 Å². The lowest BCUT2D eigenvalue weighted by Crippen LogP contribution is -2.44. The van der Waals surface area contributed by atoms with Gasteiger partial charge in [0.05, 0.1) is 6.54 Å². The molecule has 2 N–H and O–H groups in total. The van der Waals surface area contributed by atoms with Crippen LogP contribution in [0.25, 0.3) is 0 Å². The Hall–Kier alpha value is -2.15. The summed E-state index contributed by atoms with van der Waals surface area (Å²) < 4.78 is 15.0. The molecule has 3 rings (SSSR count). The predicted molar refractivity (Wildman–Crippen MR) is 107 cm³/mol. The second-order valence-corrected chi connectivity index (χ2v) is 7.12. The van der Waals surface area contributed by atoms with E-state index in [2.05, 4.69) is 48.7 Å². The molecule has 0 radical (unpaired) electrons. The number of aromatic nitrogens is 1. The first-order valence-corrected chi connectivity index (χ1v) is 9.59. The highest BCUT2D eigenvalue weighted by Gasteiger charge is 2.25. The van der Waals surface area contributed by atoms with E-state index >= 15 is 0 Å². The number of hydrogen-bond acceptors (Lipinski definition) is 3. The molecule has 26 heavy (non-hydrogen) atoms. The Morgan fingerprint density at radius 2 is 2.15 bits per heavy atom. The number of rotatable bonds is 5. The highest BCUT2D eigenvalue weighted by molar-refractivity contribution is 9.10. The van der Waals surface area contributed by atoms with Gasteiger partial charge in [-0.25, -0.2) is 14.4 Å². The largest absolute Gasteiger partial charge is 0.357 e. The molecular formula is C19H23BrFN5. The molecule has 0 saturated carbocycles. The summed E-state index contributed by atoms with van der Waals surface area (Å²) in [5, 5.41) is 6.73. The molecule has 7 heteroatoms. The summed E-state index contributed by atoms with van der Waals surface area (Å²) in [5.41, 5.74) is 1.15. The molecule has 0 aliphatic carbocycles. The summed E-state index contributed by atoms with van der Waals surface area (Å²) in [6, 6.07) is 11.4. The molecule has 1 aliphatic heterocycles. The molecule has 5 nitrogen and oxygen atoms in total. The van der Waals surface area contributed by atoms with Gasteiger partial charge >= 0.3 is 0 Å². The lowest BCUT2D eigenvalue weighted by molar-refractivity contribution is 0.612. The lowest BCUT2D eigenvalue weighted by Gasteiger charge is -2.20. The van der Waals surface area contributed by atoms with Crippen molar-refractivity contribution in [2.75, 3.05) is 24.5 Å². The van der Waals surface area contributed by atoms with Gasteiger partial charge in [0, 0.05) is 36.3 Å². The Kier molecular flexibility index (Phi) is 6.44. The first-order valence-electron chi connectivity index (χ1n) is 8.80. The molecule has 1 unspecified atom stereocenters. The third-order valence-electron chi connectivity index (χ3n) is 4.24. The van der Waals surface area contributed by atoms with E-state index in [9.17, 15) is 4.39 Å². The second kappa shape index (κ2) is 8.98. The zero-order valence-electron chi connectivity index (χ0n) is 14.8. The number of hydrogen-bond donors (Lipinski definition) is 2. The smallest absolute Gasteiger partial charge is 0.191 e. The monoisotopic (exact) mass is 419 g/mol. The Morgan fingerprint density at radius 3 is 2.88 bits per heavy atom. The van der Waals surface area contributed by atoms with Crippen LogP contribution < -0.4 is 15.5 Å². The van der Waals surface area contributed by atoms with Crippen LogP contribution in [0.2, 0.25) is 0 Å². The molecule has 1 fully saturated rings. The molecule has 1 aromatic heterocycles. The van der Waals surface area contributed by atoms with Gasteiger partial charge in [-0.05, 0) is 43.2 Å². The molecule has 2 aromatic rings. The van der Waals surface area contributed by atoms with Gasteiger partial charge in [0.25, 0.3) is 0 Å². The highest BCUT2D eigenvalue weighted by Crippen LogP contribution is 2.20. The van der Waals surface area contributed by atoms with Crippen LogP contribution in [0, 0.1) is 5.82 Å². The molecule has 2 heterocycles. The number of anilines is 1.